The molecule has 94 valence electrons. The molecule has 0 unspecified atom stereocenters. The summed E-state index contributed by atoms with van der Waals surface area (Å²) >= 11 is 0. The summed E-state index contributed by atoms with van der Waals surface area (Å²) in [7, 11) is 1.81. The summed E-state index contributed by atoms with van der Waals surface area (Å²) in [6.45, 7) is 9.75. The van der Waals surface area contributed by atoms with Crippen molar-refractivity contribution in [1.29, 1.82) is 0 Å². The van der Waals surface area contributed by atoms with E-state index < -0.39 is 0 Å². The molecule has 1 N–H and O–H groups in total. The first-order chi connectivity index (χ1) is 7.81. The quantitative estimate of drug-likeness (QED) is 0.805. The van der Waals surface area contributed by atoms with Crippen molar-refractivity contribution in [3.05, 3.63) is 41.9 Å². The third-order valence-electron chi connectivity index (χ3n) is 2.17. The van der Waals surface area contributed by atoms with Crippen LogP contribution in [0.15, 0.2) is 30.5 Å². The molecule has 1 rings (SSSR count). The molecule has 0 bridgehead atoms. The lowest BCUT2D eigenvalue weighted by Crippen LogP contribution is -2.19. The van der Waals surface area contributed by atoms with Gasteiger partial charge in [0, 0.05) is 19.2 Å². The Bertz CT molecular complexity index is 407. The van der Waals surface area contributed by atoms with Crippen molar-refractivity contribution in [2.45, 2.75) is 32.8 Å². The van der Waals surface area contributed by atoms with Gasteiger partial charge in [-0.3, -0.25) is 0 Å². The predicted molar refractivity (Wildman–Crippen MR) is 69.6 cm³/mol. The molecule has 0 amide bonds. The second-order valence-corrected chi connectivity index (χ2v) is 4.98. The molecule has 17 heavy (non-hydrogen) atoms. The normalized spacial score (nSPS) is 11.1. The molecule has 0 saturated carbocycles. The number of anilines is 1. The monoisotopic (exact) mass is 237 g/mol. The van der Waals surface area contributed by atoms with Gasteiger partial charge in [-0.05, 0) is 44.5 Å². The first kappa shape index (κ1) is 13.6. The van der Waals surface area contributed by atoms with Gasteiger partial charge in [0.15, 0.2) is 0 Å². The van der Waals surface area contributed by atoms with Gasteiger partial charge in [-0.25, -0.2) is 4.39 Å². The van der Waals surface area contributed by atoms with Crippen molar-refractivity contribution < 1.29 is 9.13 Å². The highest BCUT2D eigenvalue weighted by atomic mass is 19.1. The minimum Gasteiger partial charge on any atom is -0.493 e. The number of hydrogen-bond donors (Lipinski definition) is 1. The van der Waals surface area contributed by atoms with Crippen LogP contribution < -0.4 is 5.32 Å². The van der Waals surface area contributed by atoms with E-state index in [1.165, 1.54) is 12.1 Å². The first-order valence-corrected chi connectivity index (χ1v) is 5.65. The Morgan fingerprint density at radius 2 is 2.06 bits per heavy atom. The van der Waals surface area contributed by atoms with E-state index in [-0.39, 0.29) is 11.4 Å². The molecule has 0 radical (unpaired) electrons. The fourth-order valence-corrected chi connectivity index (χ4v) is 1.63. The lowest BCUT2D eigenvalue weighted by Gasteiger charge is -2.23. The Labute approximate surface area is 102 Å². The molecular formula is C14H20FNO. The molecule has 0 aliphatic heterocycles. The molecule has 0 aliphatic rings. The number of hydrogen-bond acceptors (Lipinski definition) is 2. The topological polar surface area (TPSA) is 21.3 Å². The van der Waals surface area contributed by atoms with Crippen LogP contribution in [0.5, 0.6) is 0 Å². The maximum absolute atomic E-state index is 13.2. The Morgan fingerprint density at radius 1 is 1.41 bits per heavy atom. The van der Waals surface area contributed by atoms with E-state index in [2.05, 4.69) is 11.9 Å². The molecule has 0 spiro atoms. The zero-order valence-electron chi connectivity index (χ0n) is 10.9. The summed E-state index contributed by atoms with van der Waals surface area (Å²) in [5.41, 5.74) is 1.47. The third kappa shape index (κ3) is 4.47. The lowest BCUT2D eigenvalue weighted by atomic mass is 10.1. The Hall–Kier alpha value is -1.51. The molecule has 2 nitrogen and oxygen atoms in total. The van der Waals surface area contributed by atoms with Crippen LogP contribution in [0.25, 0.3) is 0 Å². The van der Waals surface area contributed by atoms with Crippen LogP contribution in [-0.2, 0) is 11.2 Å². The van der Waals surface area contributed by atoms with Gasteiger partial charge in [0.1, 0.15) is 11.4 Å². The van der Waals surface area contributed by atoms with Crippen LogP contribution in [0.3, 0.4) is 0 Å². The van der Waals surface area contributed by atoms with Crippen molar-refractivity contribution in [1.82, 2.24) is 0 Å². The van der Waals surface area contributed by atoms with Gasteiger partial charge >= 0.3 is 0 Å². The lowest BCUT2D eigenvalue weighted by molar-refractivity contribution is 0.0501. The van der Waals surface area contributed by atoms with Crippen molar-refractivity contribution >= 4 is 5.69 Å². The van der Waals surface area contributed by atoms with E-state index in [4.69, 9.17) is 4.74 Å². The smallest absolute Gasteiger partial charge is 0.123 e. The Kier molecular flexibility index (Phi) is 4.16. The van der Waals surface area contributed by atoms with Crippen molar-refractivity contribution in [3.8, 4) is 0 Å². The molecule has 3 heteroatoms. The van der Waals surface area contributed by atoms with E-state index in [0.29, 0.717) is 12.2 Å². The molecule has 0 heterocycles. The molecule has 0 atom stereocenters. The zero-order chi connectivity index (χ0) is 13.1. The molecule has 0 saturated heterocycles. The van der Waals surface area contributed by atoms with Crippen molar-refractivity contribution in [2.24, 2.45) is 0 Å². The van der Waals surface area contributed by atoms with Crippen molar-refractivity contribution in [2.75, 3.05) is 12.4 Å². The summed E-state index contributed by atoms with van der Waals surface area (Å²) in [4.78, 5) is 0. The van der Waals surface area contributed by atoms with Crippen LogP contribution in [0.4, 0.5) is 10.1 Å². The van der Waals surface area contributed by atoms with E-state index in [1.807, 2.05) is 27.8 Å². The molecule has 0 fully saturated rings. The Morgan fingerprint density at radius 3 is 2.59 bits per heavy atom. The molecule has 0 aromatic heterocycles. The van der Waals surface area contributed by atoms with E-state index in [1.54, 1.807) is 6.07 Å². The average molecular weight is 237 g/mol. The van der Waals surface area contributed by atoms with Crippen LogP contribution in [0.1, 0.15) is 26.3 Å². The maximum atomic E-state index is 13.2. The summed E-state index contributed by atoms with van der Waals surface area (Å²) in [5.74, 6) is 0.391. The molecule has 0 aliphatic carbocycles. The van der Waals surface area contributed by atoms with Gasteiger partial charge in [-0.2, -0.15) is 0 Å². The van der Waals surface area contributed by atoms with Crippen LogP contribution in [0, 0.1) is 5.82 Å². The van der Waals surface area contributed by atoms with E-state index >= 15 is 0 Å². The van der Waals surface area contributed by atoms with Gasteiger partial charge in [0.2, 0.25) is 0 Å². The van der Waals surface area contributed by atoms with E-state index in [0.717, 1.165) is 11.3 Å². The van der Waals surface area contributed by atoms with Gasteiger partial charge in [0.05, 0.1) is 5.76 Å². The number of halogens is 1. The standard InChI is InChI=1S/C14H20FNO/c1-10(17-14(2,3)4)8-11-9-12(15)6-7-13(11)16-5/h6-7,9,16H,1,8H2,2-5H3. The van der Waals surface area contributed by atoms with Gasteiger partial charge < -0.3 is 10.1 Å². The maximum Gasteiger partial charge on any atom is 0.123 e. The summed E-state index contributed by atoms with van der Waals surface area (Å²) in [6, 6.07) is 4.65. The Balaban J connectivity index is 2.80. The number of ether oxygens (including phenoxy) is 1. The second-order valence-electron chi connectivity index (χ2n) is 4.98. The highest BCUT2D eigenvalue weighted by molar-refractivity contribution is 5.51. The molecule has 1 aromatic carbocycles. The van der Waals surface area contributed by atoms with Crippen LogP contribution >= 0.6 is 0 Å². The third-order valence-corrected chi connectivity index (χ3v) is 2.17. The second kappa shape index (κ2) is 5.21. The number of benzene rings is 1. The van der Waals surface area contributed by atoms with Gasteiger partial charge in [0.25, 0.3) is 0 Å². The highest BCUT2D eigenvalue weighted by Gasteiger charge is 2.14. The summed E-state index contributed by atoms with van der Waals surface area (Å²) < 4.78 is 18.8. The van der Waals surface area contributed by atoms with Crippen LogP contribution in [-0.4, -0.2) is 12.6 Å². The summed E-state index contributed by atoms with van der Waals surface area (Å²) in [6.07, 6.45) is 0.505. The van der Waals surface area contributed by atoms with Gasteiger partial charge in [-0.1, -0.05) is 6.58 Å². The van der Waals surface area contributed by atoms with Gasteiger partial charge in [-0.15, -0.1) is 0 Å². The number of nitrogens with one attached hydrogen (secondary N) is 1. The predicted octanol–water partition coefficient (Wildman–Crippen LogP) is 3.74. The number of allylic oxidation sites excluding steroid dienone is 1. The highest BCUT2D eigenvalue weighted by Crippen LogP contribution is 2.22. The van der Waals surface area contributed by atoms with Crippen LogP contribution in [0.2, 0.25) is 0 Å². The minimum atomic E-state index is -0.274. The fourth-order valence-electron chi connectivity index (χ4n) is 1.63. The average Bonchev–Trinajstić information content (AvgIpc) is 2.14. The SMILES string of the molecule is C=C(Cc1cc(F)ccc1NC)OC(C)(C)C. The fraction of sp³-hybridized carbons (Fsp3) is 0.429. The molecule has 1 aromatic rings. The summed E-state index contributed by atoms with van der Waals surface area (Å²) in [5, 5.41) is 3.03. The largest absolute Gasteiger partial charge is 0.493 e. The van der Waals surface area contributed by atoms with E-state index in [9.17, 15) is 4.39 Å². The van der Waals surface area contributed by atoms with Crippen molar-refractivity contribution in [3.63, 3.8) is 0 Å². The molecular weight excluding hydrogens is 217 g/mol. The minimum absolute atomic E-state index is 0.248. The zero-order valence-corrected chi connectivity index (χ0v) is 10.9. The number of rotatable bonds is 4. The first-order valence-electron chi connectivity index (χ1n) is 5.65.